The molecule has 260 valence electrons. The Bertz CT molecular complexity index is 3070. The topological polar surface area (TPSA) is 55.9 Å². The number of hydrogen-bond acceptors (Lipinski definition) is 4. The van der Waals surface area contributed by atoms with Crippen LogP contribution in [0.4, 0.5) is 5.69 Å². The summed E-state index contributed by atoms with van der Waals surface area (Å²) in [6.07, 6.45) is 1.87. The van der Waals surface area contributed by atoms with Crippen molar-refractivity contribution in [1.29, 1.82) is 0 Å². The van der Waals surface area contributed by atoms with Crippen molar-refractivity contribution in [3.05, 3.63) is 200 Å². The van der Waals surface area contributed by atoms with Gasteiger partial charge < -0.3 is 0 Å². The maximum atomic E-state index is 7.43. The van der Waals surface area contributed by atoms with Gasteiger partial charge in [-0.1, -0.05) is 152 Å². The highest BCUT2D eigenvalue weighted by Crippen LogP contribution is 2.42. The molecule has 2 aromatic heterocycles. The summed E-state index contributed by atoms with van der Waals surface area (Å²) in [4.78, 5) is 23.4. The Morgan fingerprint density at radius 1 is 0.339 bits per heavy atom. The standard InChI is InChI=1S/C51H31N5/c1-52-40-26-24-33(25-27-40)44-31-47-43-23-12-28-53-48(43)45(32-46(47)42-22-9-8-21-41(42)44)38-19-10-17-36(29-38)37-18-11-20-39(30-37)51-55-49(34-13-4-2-5-14-34)54-50(56-51)35-15-6-3-7-16-35/h2-32H. The van der Waals surface area contributed by atoms with Crippen LogP contribution in [-0.2, 0) is 0 Å². The van der Waals surface area contributed by atoms with Gasteiger partial charge in [-0.15, -0.1) is 0 Å². The van der Waals surface area contributed by atoms with E-state index in [1.807, 2.05) is 97.2 Å². The van der Waals surface area contributed by atoms with Gasteiger partial charge in [-0.3, -0.25) is 4.98 Å². The van der Waals surface area contributed by atoms with E-state index in [1.165, 1.54) is 16.2 Å². The van der Waals surface area contributed by atoms with Crippen LogP contribution < -0.4 is 0 Å². The first-order chi connectivity index (χ1) is 27.7. The van der Waals surface area contributed by atoms with E-state index in [9.17, 15) is 0 Å². The van der Waals surface area contributed by atoms with Crippen LogP contribution in [0, 0.1) is 6.57 Å². The van der Waals surface area contributed by atoms with Crippen molar-refractivity contribution in [3.63, 3.8) is 0 Å². The van der Waals surface area contributed by atoms with E-state index < -0.39 is 0 Å². The lowest BCUT2D eigenvalue weighted by Gasteiger charge is -2.16. The van der Waals surface area contributed by atoms with Gasteiger partial charge in [0.1, 0.15) is 0 Å². The fraction of sp³-hybridized carbons (Fsp3) is 0. The first-order valence-corrected chi connectivity index (χ1v) is 18.5. The summed E-state index contributed by atoms with van der Waals surface area (Å²) in [5.74, 6) is 1.89. The Kier molecular flexibility index (Phi) is 8.13. The second-order valence-corrected chi connectivity index (χ2v) is 13.7. The van der Waals surface area contributed by atoms with Gasteiger partial charge in [0.05, 0.1) is 12.1 Å². The Balaban J connectivity index is 1.10. The lowest BCUT2D eigenvalue weighted by Crippen LogP contribution is -2.00. The molecular weight excluding hydrogens is 683 g/mol. The minimum absolute atomic E-state index is 0.619. The van der Waals surface area contributed by atoms with Crippen LogP contribution in [-0.4, -0.2) is 19.9 Å². The predicted molar refractivity (Wildman–Crippen MR) is 229 cm³/mol. The molecule has 0 aliphatic heterocycles. The summed E-state index contributed by atoms with van der Waals surface area (Å²) in [6, 6.07) is 62.4. The molecule has 0 atom stereocenters. The van der Waals surface area contributed by atoms with E-state index >= 15 is 0 Å². The van der Waals surface area contributed by atoms with Gasteiger partial charge in [-0.2, -0.15) is 0 Å². The van der Waals surface area contributed by atoms with Crippen molar-refractivity contribution < 1.29 is 0 Å². The molecule has 0 fully saturated rings. The van der Waals surface area contributed by atoms with Crippen LogP contribution in [0.1, 0.15) is 0 Å². The zero-order chi connectivity index (χ0) is 37.4. The molecule has 0 radical (unpaired) electrons. The Morgan fingerprint density at radius 2 is 0.839 bits per heavy atom. The number of pyridine rings is 1. The highest BCUT2D eigenvalue weighted by Gasteiger charge is 2.17. The third-order valence-electron chi connectivity index (χ3n) is 10.4. The molecule has 10 rings (SSSR count). The number of benzene rings is 8. The Labute approximate surface area is 324 Å². The summed E-state index contributed by atoms with van der Waals surface area (Å²) < 4.78 is 0. The van der Waals surface area contributed by atoms with Gasteiger partial charge >= 0.3 is 0 Å². The monoisotopic (exact) mass is 713 g/mol. The van der Waals surface area contributed by atoms with Gasteiger partial charge in [-0.25, -0.2) is 19.8 Å². The van der Waals surface area contributed by atoms with E-state index in [1.54, 1.807) is 0 Å². The molecule has 0 N–H and O–H groups in total. The van der Waals surface area contributed by atoms with Crippen molar-refractivity contribution >= 4 is 38.1 Å². The molecular formula is C51H31N5. The van der Waals surface area contributed by atoms with Crippen LogP contribution in [0.3, 0.4) is 0 Å². The summed E-state index contributed by atoms with van der Waals surface area (Å²) in [7, 11) is 0. The highest BCUT2D eigenvalue weighted by molar-refractivity contribution is 6.23. The molecule has 10 aromatic rings. The summed E-state index contributed by atoms with van der Waals surface area (Å²) in [6.45, 7) is 7.43. The lowest BCUT2D eigenvalue weighted by atomic mass is 9.88. The average Bonchev–Trinajstić information content (AvgIpc) is 3.29. The first-order valence-electron chi connectivity index (χ1n) is 18.5. The lowest BCUT2D eigenvalue weighted by molar-refractivity contribution is 1.07. The van der Waals surface area contributed by atoms with E-state index in [4.69, 9.17) is 26.5 Å². The SMILES string of the molecule is [C-]#[N+]c1ccc(-c2cc3c4cccnc4c(-c4cccc(-c5cccc(-c6nc(-c7ccccc7)nc(-c7ccccc7)n6)c5)c4)cc3c3ccccc23)cc1. The molecule has 0 saturated carbocycles. The smallest absolute Gasteiger partial charge is 0.187 e. The first kappa shape index (κ1) is 32.8. The molecule has 0 spiro atoms. The van der Waals surface area contributed by atoms with Crippen LogP contribution >= 0.6 is 0 Å². The number of nitrogens with zero attached hydrogens (tertiary/aromatic N) is 5. The number of rotatable bonds is 6. The molecule has 5 nitrogen and oxygen atoms in total. The Hall–Kier alpha value is -7.81. The van der Waals surface area contributed by atoms with Gasteiger partial charge in [0.2, 0.25) is 0 Å². The summed E-state index contributed by atoms with van der Waals surface area (Å²) >= 11 is 0. The third-order valence-corrected chi connectivity index (χ3v) is 10.4. The number of aromatic nitrogens is 4. The van der Waals surface area contributed by atoms with Crippen molar-refractivity contribution in [2.45, 2.75) is 0 Å². The minimum atomic E-state index is 0.619. The zero-order valence-corrected chi connectivity index (χ0v) is 30.1. The van der Waals surface area contributed by atoms with Crippen LogP contribution in [0.2, 0.25) is 0 Å². The highest BCUT2D eigenvalue weighted by atomic mass is 15.0. The summed E-state index contributed by atoms with van der Waals surface area (Å²) in [5.41, 5.74) is 10.9. The van der Waals surface area contributed by atoms with E-state index in [0.717, 1.165) is 66.4 Å². The maximum absolute atomic E-state index is 7.43. The molecule has 56 heavy (non-hydrogen) atoms. The number of hydrogen-bond donors (Lipinski definition) is 0. The molecule has 0 aliphatic rings. The summed E-state index contributed by atoms with van der Waals surface area (Å²) in [5, 5.41) is 5.75. The van der Waals surface area contributed by atoms with Gasteiger partial charge in [0.15, 0.2) is 23.2 Å². The van der Waals surface area contributed by atoms with Crippen LogP contribution in [0.25, 0.3) is 105 Å². The fourth-order valence-corrected chi connectivity index (χ4v) is 7.64. The van der Waals surface area contributed by atoms with Crippen molar-refractivity contribution in [1.82, 2.24) is 19.9 Å². The predicted octanol–water partition coefficient (Wildman–Crippen LogP) is 13.3. The molecule has 0 aliphatic carbocycles. The van der Waals surface area contributed by atoms with Gasteiger partial charge in [0.25, 0.3) is 0 Å². The second kappa shape index (κ2) is 13.9. The molecule has 0 bridgehead atoms. The van der Waals surface area contributed by atoms with Gasteiger partial charge in [-0.05, 0) is 79.7 Å². The average molecular weight is 714 g/mol. The van der Waals surface area contributed by atoms with E-state index in [2.05, 4.69) is 95.8 Å². The van der Waals surface area contributed by atoms with Crippen LogP contribution in [0.5, 0.6) is 0 Å². The number of fused-ring (bicyclic) bond motifs is 5. The molecule has 2 heterocycles. The van der Waals surface area contributed by atoms with Crippen molar-refractivity contribution in [3.8, 4) is 67.5 Å². The normalized spacial score (nSPS) is 11.2. The molecule has 0 amide bonds. The second-order valence-electron chi connectivity index (χ2n) is 13.7. The molecule has 0 unspecified atom stereocenters. The maximum Gasteiger partial charge on any atom is 0.187 e. The minimum Gasteiger partial charge on any atom is -0.256 e. The molecule has 0 saturated heterocycles. The van der Waals surface area contributed by atoms with E-state index in [0.29, 0.717) is 23.2 Å². The van der Waals surface area contributed by atoms with Gasteiger partial charge in [0, 0.05) is 33.8 Å². The van der Waals surface area contributed by atoms with Crippen molar-refractivity contribution in [2.24, 2.45) is 0 Å². The van der Waals surface area contributed by atoms with Crippen molar-refractivity contribution in [2.75, 3.05) is 0 Å². The van der Waals surface area contributed by atoms with E-state index in [-0.39, 0.29) is 0 Å². The largest absolute Gasteiger partial charge is 0.256 e. The fourth-order valence-electron chi connectivity index (χ4n) is 7.64. The van der Waals surface area contributed by atoms with Crippen LogP contribution in [0.15, 0.2) is 188 Å². The quantitative estimate of drug-likeness (QED) is 0.127. The third kappa shape index (κ3) is 5.92. The molecule has 8 aromatic carbocycles. The Morgan fingerprint density at radius 3 is 1.50 bits per heavy atom. The molecule has 5 heteroatoms. The zero-order valence-electron chi connectivity index (χ0n) is 30.1.